The number of hydrogen-bond donors (Lipinski definition) is 1. The van der Waals surface area contributed by atoms with Gasteiger partial charge in [0.1, 0.15) is 6.07 Å². The van der Waals surface area contributed by atoms with Crippen molar-refractivity contribution in [3.05, 3.63) is 161 Å². The summed E-state index contributed by atoms with van der Waals surface area (Å²) in [6.07, 6.45) is 4.27. The zero-order chi connectivity index (χ0) is 34.5. The van der Waals surface area contributed by atoms with Gasteiger partial charge in [-0.1, -0.05) is 84.9 Å². The standard InChI is InChI=1S/C45H28N6/c46-25-29-14-21-43-40(23-29)38-11-6-22-49-28-44(38)50(43)34-18-15-30(16-19-34)35-20-17-31(24-33(35)27-48)36-8-1-3-12-41(36)51-42-13-4-2-9-37(42)39-10-5-7-32(26-47)45(39)51/h1-21,23-24,49H,22,28H2. The van der Waals surface area contributed by atoms with Gasteiger partial charge in [-0.25, -0.2) is 0 Å². The highest BCUT2D eigenvalue weighted by Gasteiger charge is 2.20. The Morgan fingerprint density at radius 2 is 1.33 bits per heavy atom. The lowest BCUT2D eigenvalue weighted by Gasteiger charge is -2.16. The Labute approximate surface area is 294 Å². The van der Waals surface area contributed by atoms with Crippen LogP contribution in [0.3, 0.4) is 0 Å². The zero-order valence-electron chi connectivity index (χ0n) is 27.4. The van der Waals surface area contributed by atoms with Crippen LogP contribution in [-0.2, 0) is 6.54 Å². The van der Waals surface area contributed by atoms with E-state index in [0.29, 0.717) is 23.2 Å². The largest absolute Gasteiger partial charge is 0.312 e. The maximum atomic E-state index is 10.4. The molecule has 0 amide bonds. The monoisotopic (exact) mass is 652 g/mol. The fraction of sp³-hybridized carbons (Fsp3) is 0.0444. The van der Waals surface area contributed by atoms with Crippen LogP contribution in [0.15, 0.2) is 133 Å². The molecule has 0 aliphatic carbocycles. The van der Waals surface area contributed by atoms with Crippen molar-refractivity contribution in [2.45, 2.75) is 6.54 Å². The minimum Gasteiger partial charge on any atom is -0.312 e. The Morgan fingerprint density at radius 3 is 2.18 bits per heavy atom. The molecular formula is C45H28N6. The molecule has 0 saturated carbocycles. The van der Waals surface area contributed by atoms with E-state index in [4.69, 9.17) is 0 Å². The number of rotatable bonds is 4. The van der Waals surface area contributed by atoms with E-state index in [2.05, 4.69) is 105 Å². The first-order chi connectivity index (χ1) is 25.2. The molecule has 0 fully saturated rings. The molecule has 1 aliphatic rings. The number of nitrogens with zero attached hydrogens (tertiary/aromatic N) is 5. The summed E-state index contributed by atoms with van der Waals surface area (Å²) in [5.74, 6) is 0. The molecule has 0 unspecified atom stereocenters. The van der Waals surface area contributed by atoms with Gasteiger partial charge in [0.25, 0.3) is 0 Å². The summed E-state index contributed by atoms with van der Waals surface area (Å²) in [5.41, 5.74) is 12.7. The molecule has 0 radical (unpaired) electrons. The Balaban J connectivity index is 1.14. The van der Waals surface area contributed by atoms with E-state index < -0.39 is 0 Å². The van der Waals surface area contributed by atoms with Gasteiger partial charge in [0, 0.05) is 51.8 Å². The number of nitrogens with one attached hydrogen (secondary N) is 1. The molecule has 2 aromatic heterocycles. The first kappa shape index (κ1) is 29.9. The Kier molecular flexibility index (Phi) is 7.08. The van der Waals surface area contributed by atoms with Crippen LogP contribution in [0.25, 0.3) is 72.4 Å². The minimum absolute atomic E-state index is 0.577. The number of benzene rings is 6. The van der Waals surface area contributed by atoms with Gasteiger partial charge in [0.2, 0.25) is 0 Å². The maximum Gasteiger partial charge on any atom is 0.101 e. The van der Waals surface area contributed by atoms with Gasteiger partial charge in [-0.3, -0.25) is 0 Å². The first-order valence-electron chi connectivity index (χ1n) is 16.8. The zero-order valence-corrected chi connectivity index (χ0v) is 27.4. The molecule has 0 saturated heterocycles. The van der Waals surface area contributed by atoms with Crippen LogP contribution in [0, 0.1) is 34.0 Å². The number of hydrogen-bond acceptors (Lipinski definition) is 4. The van der Waals surface area contributed by atoms with E-state index in [1.54, 1.807) is 0 Å². The van der Waals surface area contributed by atoms with Crippen molar-refractivity contribution < 1.29 is 0 Å². The van der Waals surface area contributed by atoms with Crippen LogP contribution in [0.2, 0.25) is 0 Å². The van der Waals surface area contributed by atoms with E-state index in [1.807, 2.05) is 66.7 Å². The third kappa shape index (κ3) is 4.73. The topological polar surface area (TPSA) is 93.3 Å². The van der Waals surface area contributed by atoms with Gasteiger partial charge in [-0.05, 0) is 71.3 Å². The van der Waals surface area contributed by atoms with Crippen molar-refractivity contribution in [3.63, 3.8) is 0 Å². The SMILES string of the molecule is N#Cc1ccc2c(c1)c1c(n2-c2ccc(-c3ccc(-c4ccccc4-n4c5ccccc5c5cccc(C#N)c54)cc3C#N)cc2)CNCC=C1. The van der Waals surface area contributed by atoms with E-state index >= 15 is 0 Å². The third-order valence-electron chi connectivity index (χ3n) is 9.92. The predicted octanol–water partition coefficient (Wildman–Crippen LogP) is 9.79. The van der Waals surface area contributed by atoms with E-state index in [9.17, 15) is 15.8 Å². The molecule has 6 aromatic carbocycles. The molecule has 1 N–H and O–H groups in total. The molecule has 3 heterocycles. The van der Waals surface area contributed by atoms with E-state index in [1.165, 1.54) is 0 Å². The lowest BCUT2D eigenvalue weighted by atomic mass is 9.94. The lowest BCUT2D eigenvalue weighted by molar-refractivity contribution is 0.734. The second-order valence-corrected chi connectivity index (χ2v) is 12.7. The van der Waals surface area contributed by atoms with Crippen LogP contribution in [0.5, 0.6) is 0 Å². The van der Waals surface area contributed by atoms with Crippen LogP contribution in [-0.4, -0.2) is 15.7 Å². The summed E-state index contributed by atoms with van der Waals surface area (Å²) in [5, 5.41) is 36.8. The van der Waals surface area contributed by atoms with Crippen LogP contribution in [0.1, 0.15) is 27.9 Å². The minimum atomic E-state index is 0.577. The summed E-state index contributed by atoms with van der Waals surface area (Å²) in [6, 6.07) is 49.7. The molecule has 0 spiro atoms. The molecule has 6 heteroatoms. The number of para-hydroxylation sites is 3. The molecule has 238 valence electrons. The molecule has 1 aliphatic heterocycles. The Hall–Kier alpha value is -7.17. The molecular weight excluding hydrogens is 625 g/mol. The van der Waals surface area contributed by atoms with Gasteiger partial charge in [-0.2, -0.15) is 15.8 Å². The van der Waals surface area contributed by atoms with Crippen molar-refractivity contribution in [1.29, 1.82) is 15.8 Å². The van der Waals surface area contributed by atoms with Crippen molar-refractivity contribution in [1.82, 2.24) is 14.5 Å². The van der Waals surface area contributed by atoms with Gasteiger partial charge < -0.3 is 14.5 Å². The first-order valence-corrected chi connectivity index (χ1v) is 16.8. The van der Waals surface area contributed by atoms with E-state index in [0.717, 1.165) is 84.1 Å². The second-order valence-electron chi connectivity index (χ2n) is 12.7. The molecule has 0 bridgehead atoms. The third-order valence-corrected chi connectivity index (χ3v) is 9.92. The Morgan fingerprint density at radius 1 is 0.569 bits per heavy atom. The Bertz CT molecular complexity index is 2860. The van der Waals surface area contributed by atoms with Gasteiger partial charge in [0.05, 0.1) is 51.1 Å². The average molecular weight is 653 g/mol. The normalized spacial score (nSPS) is 12.3. The van der Waals surface area contributed by atoms with Crippen LogP contribution >= 0.6 is 0 Å². The quantitative estimate of drug-likeness (QED) is 0.205. The number of nitriles is 3. The van der Waals surface area contributed by atoms with Gasteiger partial charge in [0.15, 0.2) is 0 Å². The smallest absolute Gasteiger partial charge is 0.101 e. The van der Waals surface area contributed by atoms with Gasteiger partial charge >= 0.3 is 0 Å². The van der Waals surface area contributed by atoms with Crippen LogP contribution in [0.4, 0.5) is 0 Å². The summed E-state index contributed by atoms with van der Waals surface area (Å²) in [6.45, 7) is 1.48. The summed E-state index contributed by atoms with van der Waals surface area (Å²) in [4.78, 5) is 0. The van der Waals surface area contributed by atoms with Crippen molar-refractivity contribution in [3.8, 4) is 51.8 Å². The predicted molar refractivity (Wildman–Crippen MR) is 203 cm³/mol. The highest BCUT2D eigenvalue weighted by atomic mass is 15.0. The van der Waals surface area contributed by atoms with Crippen molar-refractivity contribution in [2.24, 2.45) is 0 Å². The molecule has 9 rings (SSSR count). The average Bonchev–Trinajstić information content (AvgIpc) is 3.57. The maximum absolute atomic E-state index is 10.4. The van der Waals surface area contributed by atoms with E-state index in [-0.39, 0.29) is 0 Å². The molecule has 0 atom stereocenters. The molecule has 8 aromatic rings. The lowest BCUT2D eigenvalue weighted by Crippen LogP contribution is -2.14. The highest BCUT2D eigenvalue weighted by molar-refractivity contribution is 6.11. The second kappa shape index (κ2) is 12.1. The number of aromatic nitrogens is 2. The summed E-state index contributed by atoms with van der Waals surface area (Å²) >= 11 is 0. The molecule has 6 nitrogen and oxygen atoms in total. The highest BCUT2D eigenvalue weighted by Crippen LogP contribution is 2.39. The fourth-order valence-corrected chi connectivity index (χ4v) is 7.66. The van der Waals surface area contributed by atoms with Crippen LogP contribution < -0.4 is 5.32 Å². The number of fused-ring (bicyclic) bond motifs is 6. The summed E-state index contributed by atoms with van der Waals surface area (Å²) < 4.78 is 4.44. The van der Waals surface area contributed by atoms with Crippen molar-refractivity contribution >= 4 is 38.8 Å². The fourth-order valence-electron chi connectivity index (χ4n) is 7.66. The van der Waals surface area contributed by atoms with Gasteiger partial charge in [-0.15, -0.1) is 0 Å². The molecule has 51 heavy (non-hydrogen) atoms. The summed E-state index contributed by atoms with van der Waals surface area (Å²) in [7, 11) is 0. The van der Waals surface area contributed by atoms with Crippen molar-refractivity contribution in [2.75, 3.05) is 6.54 Å².